The van der Waals surface area contributed by atoms with Crippen LogP contribution in [0.3, 0.4) is 0 Å². The minimum Gasteiger partial charge on any atom is -0.462 e. The molecular weight excluding hydrogens is 510 g/mol. The molecule has 0 aliphatic heterocycles. The van der Waals surface area contributed by atoms with E-state index >= 15 is 0 Å². The number of ether oxygens (including phenoxy) is 1. The molecule has 8 heteroatoms. The Bertz CT molecular complexity index is 1240. The number of nitrogens with one attached hydrogen (secondary N) is 1. The molecule has 2 aromatic carbocycles. The zero-order valence-electron chi connectivity index (χ0n) is 22.7. The maximum absolute atomic E-state index is 13.8. The number of urea groups is 1. The van der Waals surface area contributed by atoms with Gasteiger partial charge in [-0.3, -0.25) is 4.79 Å². The van der Waals surface area contributed by atoms with E-state index in [1.165, 1.54) is 4.88 Å². The second kappa shape index (κ2) is 13.9. The van der Waals surface area contributed by atoms with Crippen LogP contribution in [0.1, 0.15) is 64.7 Å². The fraction of sp³-hybridized carbons (Fsp3) is 0.387. The van der Waals surface area contributed by atoms with Crippen molar-refractivity contribution in [3.63, 3.8) is 0 Å². The number of hydrogen-bond donors (Lipinski definition) is 1. The van der Waals surface area contributed by atoms with Crippen LogP contribution in [0.5, 0.6) is 0 Å². The molecule has 0 radical (unpaired) electrons. The Balaban J connectivity index is 1.51. The normalized spacial score (nSPS) is 13.5. The van der Waals surface area contributed by atoms with Crippen molar-refractivity contribution in [2.24, 2.45) is 0 Å². The van der Waals surface area contributed by atoms with Gasteiger partial charge >= 0.3 is 12.0 Å². The van der Waals surface area contributed by atoms with Gasteiger partial charge in [-0.2, -0.15) is 0 Å². The van der Waals surface area contributed by atoms with E-state index in [-0.39, 0.29) is 24.5 Å². The molecule has 0 atom stereocenters. The first-order valence-corrected chi connectivity index (χ1v) is 14.5. The van der Waals surface area contributed by atoms with Gasteiger partial charge in [-0.1, -0.05) is 49.6 Å². The first kappa shape index (κ1) is 28.4. The van der Waals surface area contributed by atoms with Crippen molar-refractivity contribution in [2.45, 2.75) is 65.1 Å². The third-order valence-corrected chi connectivity index (χ3v) is 7.93. The fourth-order valence-corrected chi connectivity index (χ4v) is 5.80. The number of esters is 1. The van der Waals surface area contributed by atoms with E-state index < -0.39 is 5.97 Å². The van der Waals surface area contributed by atoms with Gasteiger partial charge in [0.2, 0.25) is 5.91 Å². The molecule has 1 heterocycles. The third kappa shape index (κ3) is 8.17. The Morgan fingerprint density at radius 3 is 2.28 bits per heavy atom. The number of aryl methyl sites for hydroxylation is 1. The summed E-state index contributed by atoms with van der Waals surface area (Å²) < 4.78 is 5.04. The first-order valence-electron chi connectivity index (χ1n) is 13.6. The van der Waals surface area contributed by atoms with Crippen LogP contribution in [0, 0.1) is 6.92 Å². The summed E-state index contributed by atoms with van der Waals surface area (Å²) in [6, 6.07) is 20.4. The zero-order chi connectivity index (χ0) is 27.6. The van der Waals surface area contributed by atoms with Gasteiger partial charge < -0.3 is 19.9 Å². The van der Waals surface area contributed by atoms with E-state index in [0.717, 1.165) is 42.5 Å². The van der Waals surface area contributed by atoms with Gasteiger partial charge in [-0.25, -0.2) is 9.59 Å². The highest BCUT2D eigenvalue weighted by molar-refractivity contribution is 7.11. The quantitative estimate of drug-likeness (QED) is 0.289. The van der Waals surface area contributed by atoms with Crippen LogP contribution >= 0.6 is 11.3 Å². The number of amides is 3. The van der Waals surface area contributed by atoms with Crippen molar-refractivity contribution in [1.82, 2.24) is 9.80 Å². The first-order chi connectivity index (χ1) is 18.9. The predicted octanol–water partition coefficient (Wildman–Crippen LogP) is 6.63. The maximum Gasteiger partial charge on any atom is 0.338 e. The summed E-state index contributed by atoms with van der Waals surface area (Å²) in [7, 11) is 0. The lowest BCUT2D eigenvalue weighted by molar-refractivity contribution is -0.133. The molecule has 1 aromatic heterocycles. The highest BCUT2D eigenvalue weighted by atomic mass is 32.1. The van der Waals surface area contributed by atoms with Gasteiger partial charge in [0.25, 0.3) is 0 Å². The van der Waals surface area contributed by atoms with Crippen LogP contribution < -0.4 is 5.32 Å². The molecule has 1 aliphatic rings. The Labute approximate surface area is 234 Å². The SMILES string of the molecule is CCOC(=O)c1ccc(NC(=O)N(CC(=O)N(Cc2ccccc2)Cc2ccc(C)s2)C2CCCCC2)cc1. The highest BCUT2D eigenvalue weighted by Gasteiger charge is 2.29. The van der Waals surface area contributed by atoms with Crippen molar-refractivity contribution in [1.29, 1.82) is 0 Å². The summed E-state index contributed by atoms with van der Waals surface area (Å²) in [6.45, 7) is 5.11. The van der Waals surface area contributed by atoms with E-state index in [2.05, 4.69) is 24.4 Å². The lowest BCUT2D eigenvalue weighted by atomic mass is 9.94. The molecule has 39 heavy (non-hydrogen) atoms. The predicted molar refractivity (Wildman–Crippen MR) is 155 cm³/mol. The Kier molecular flexibility index (Phi) is 10.1. The number of carbonyl (C=O) groups excluding carboxylic acids is 3. The molecule has 206 valence electrons. The van der Waals surface area contributed by atoms with Crippen molar-refractivity contribution in [3.8, 4) is 0 Å². The molecule has 1 N–H and O–H groups in total. The number of benzene rings is 2. The lowest BCUT2D eigenvalue weighted by Crippen LogP contribution is -2.49. The van der Waals surface area contributed by atoms with E-state index in [1.54, 1.807) is 47.4 Å². The largest absolute Gasteiger partial charge is 0.462 e. The van der Waals surface area contributed by atoms with Crippen LogP contribution in [-0.4, -0.2) is 46.9 Å². The molecule has 3 amide bonds. The monoisotopic (exact) mass is 547 g/mol. The van der Waals surface area contributed by atoms with Gasteiger partial charge in [-0.15, -0.1) is 11.3 Å². The van der Waals surface area contributed by atoms with Gasteiger partial charge in [0.15, 0.2) is 0 Å². The molecule has 1 aliphatic carbocycles. The standard InChI is InChI=1S/C31H37N3O4S/c1-3-38-30(36)25-15-17-26(18-16-25)32-31(37)34(27-12-8-5-9-13-27)22-29(35)33(20-24-10-6-4-7-11-24)21-28-19-14-23(2)39-28/h4,6-7,10-11,14-19,27H,3,5,8-9,12-13,20-22H2,1-2H3,(H,32,37). The van der Waals surface area contributed by atoms with Crippen molar-refractivity contribution < 1.29 is 19.1 Å². The number of thiophene rings is 1. The molecule has 0 bridgehead atoms. The van der Waals surface area contributed by atoms with Crippen LogP contribution in [0.2, 0.25) is 0 Å². The summed E-state index contributed by atoms with van der Waals surface area (Å²) >= 11 is 1.69. The molecule has 0 saturated heterocycles. The van der Waals surface area contributed by atoms with Crippen molar-refractivity contribution in [2.75, 3.05) is 18.5 Å². The second-order valence-corrected chi connectivity index (χ2v) is 11.3. The summed E-state index contributed by atoms with van der Waals surface area (Å²) in [5.41, 5.74) is 2.04. The summed E-state index contributed by atoms with van der Waals surface area (Å²) in [4.78, 5) is 45.2. The van der Waals surface area contributed by atoms with E-state index in [4.69, 9.17) is 4.74 Å². The topological polar surface area (TPSA) is 79.0 Å². The third-order valence-electron chi connectivity index (χ3n) is 6.94. The molecule has 0 spiro atoms. The summed E-state index contributed by atoms with van der Waals surface area (Å²) in [6.07, 6.45) is 4.99. The molecule has 4 rings (SSSR count). The summed E-state index contributed by atoms with van der Waals surface area (Å²) in [5.74, 6) is -0.479. The van der Waals surface area contributed by atoms with Crippen LogP contribution in [-0.2, 0) is 22.6 Å². The zero-order valence-corrected chi connectivity index (χ0v) is 23.5. The number of anilines is 1. The molecule has 3 aromatic rings. The van der Waals surface area contributed by atoms with Crippen molar-refractivity contribution in [3.05, 3.63) is 87.6 Å². The van der Waals surface area contributed by atoms with Gasteiger partial charge in [0.1, 0.15) is 6.54 Å². The molecule has 0 unspecified atom stereocenters. The maximum atomic E-state index is 13.8. The molecule has 7 nitrogen and oxygen atoms in total. The average Bonchev–Trinajstić information content (AvgIpc) is 3.37. The fourth-order valence-electron chi connectivity index (χ4n) is 4.90. The van der Waals surface area contributed by atoms with E-state index in [9.17, 15) is 14.4 Å². The van der Waals surface area contributed by atoms with E-state index in [0.29, 0.717) is 30.9 Å². The Morgan fingerprint density at radius 2 is 1.64 bits per heavy atom. The smallest absolute Gasteiger partial charge is 0.338 e. The number of carbonyl (C=O) groups is 3. The molecule has 1 saturated carbocycles. The van der Waals surface area contributed by atoms with Crippen molar-refractivity contribution >= 4 is 34.9 Å². The van der Waals surface area contributed by atoms with Gasteiger partial charge in [0.05, 0.1) is 18.7 Å². The second-order valence-electron chi connectivity index (χ2n) is 9.90. The number of hydrogen-bond acceptors (Lipinski definition) is 5. The number of rotatable bonds is 10. The highest BCUT2D eigenvalue weighted by Crippen LogP contribution is 2.25. The lowest BCUT2D eigenvalue weighted by Gasteiger charge is -2.35. The molecule has 1 fully saturated rings. The van der Waals surface area contributed by atoms with Crippen LogP contribution in [0.4, 0.5) is 10.5 Å². The van der Waals surface area contributed by atoms with Crippen LogP contribution in [0.25, 0.3) is 0 Å². The van der Waals surface area contributed by atoms with Crippen LogP contribution in [0.15, 0.2) is 66.7 Å². The summed E-state index contributed by atoms with van der Waals surface area (Å²) in [5, 5.41) is 2.95. The Hall–Kier alpha value is -3.65. The van der Waals surface area contributed by atoms with Gasteiger partial charge in [0, 0.05) is 28.0 Å². The minimum atomic E-state index is -0.399. The molecular formula is C31H37N3O4S. The van der Waals surface area contributed by atoms with Gasteiger partial charge in [-0.05, 0) is 68.7 Å². The Morgan fingerprint density at radius 1 is 0.923 bits per heavy atom. The number of nitrogens with zero attached hydrogens (tertiary/aromatic N) is 2. The van der Waals surface area contributed by atoms with E-state index in [1.807, 2.05) is 35.2 Å². The minimum absolute atomic E-state index is 0.00376. The average molecular weight is 548 g/mol.